The Kier molecular flexibility index (Phi) is 3.76. The van der Waals surface area contributed by atoms with Gasteiger partial charge in [-0.05, 0) is 20.5 Å². The molecule has 0 amide bonds. The average Bonchev–Trinajstić information content (AvgIpc) is 2.72. The molecule has 2 heterocycles. The first-order valence-electron chi connectivity index (χ1n) is 6.26. The largest absolute Gasteiger partial charge is 0.370 e. The van der Waals surface area contributed by atoms with Gasteiger partial charge in [0, 0.05) is 13.6 Å². The van der Waals surface area contributed by atoms with E-state index in [1.807, 2.05) is 7.05 Å². The molecule has 0 bridgehead atoms. The fourth-order valence-corrected chi connectivity index (χ4v) is 1.79. The van der Waals surface area contributed by atoms with E-state index in [0.29, 0.717) is 0 Å². The molecule has 0 unspecified atom stereocenters. The minimum Gasteiger partial charge on any atom is -0.370 e. The van der Waals surface area contributed by atoms with Crippen LogP contribution in [0.25, 0.3) is 11.0 Å². The van der Waals surface area contributed by atoms with Crippen molar-refractivity contribution < 1.29 is 0 Å². The molecule has 6 heteroatoms. The Morgan fingerprint density at radius 1 is 1.33 bits per heavy atom. The molecule has 0 atom stereocenters. The van der Waals surface area contributed by atoms with Gasteiger partial charge in [0.2, 0.25) is 0 Å². The van der Waals surface area contributed by atoms with Crippen LogP contribution >= 0.6 is 0 Å². The summed E-state index contributed by atoms with van der Waals surface area (Å²) in [7, 11) is 3.96. The minimum atomic E-state index is 0.746. The van der Waals surface area contributed by atoms with Crippen molar-refractivity contribution in [3.8, 4) is 0 Å². The van der Waals surface area contributed by atoms with E-state index in [1.165, 1.54) is 0 Å². The quantitative estimate of drug-likeness (QED) is 0.863. The van der Waals surface area contributed by atoms with E-state index in [-0.39, 0.29) is 0 Å². The van der Waals surface area contributed by atoms with Gasteiger partial charge in [0.15, 0.2) is 5.65 Å². The zero-order valence-electron chi connectivity index (χ0n) is 11.4. The molecule has 0 aromatic carbocycles. The lowest BCUT2D eigenvalue weighted by Gasteiger charge is -2.13. The molecule has 0 spiro atoms. The number of anilines is 1. The SMILES string of the molecule is CCNc1nc(CN(C)CC)nc2c1cnn2C. The summed E-state index contributed by atoms with van der Waals surface area (Å²) in [5.74, 6) is 1.70. The highest BCUT2D eigenvalue weighted by Crippen LogP contribution is 2.19. The summed E-state index contributed by atoms with van der Waals surface area (Å²) < 4.78 is 1.79. The van der Waals surface area contributed by atoms with E-state index >= 15 is 0 Å². The monoisotopic (exact) mass is 248 g/mol. The summed E-state index contributed by atoms with van der Waals surface area (Å²) in [6, 6.07) is 0. The van der Waals surface area contributed by atoms with Gasteiger partial charge in [0.25, 0.3) is 0 Å². The molecule has 2 rings (SSSR count). The molecule has 18 heavy (non-hydrogen) atoms. The Hall–Kier alpha value is -1.69. The molecule has 98 valence electrons. The number of nitrogens with zero attached hydrogens (tertiary/aromatic N) is 5. The van der Waals surface area contributed by atoms with Crippen LogP contribution in [-0.2, 0) is 13.6 Å². The van der Waals surface area contributed by atoms with Crippen molar-refractivity contribution in [2.75, 3.05) is 25.5 Å². The van der Waals surface area contributed by atoms with Crippen LogP contribution in [0.3, 0.4) is 0 Å². The molecule has 0 saturated carbocycles. The van der Waals surface area contributed by atoms with Gasteiger partial charge >= 0.3 is 0 Å². The Balaban J connectivity index is 2.45. The number of aromatic nitrogens is 4. The third-order valence-corrected chi connectivity index (χ3v) is 2.93. The van der Waals surface area contributed by atoms with Crippen LogP contribution < -0.4 is 5.32 Å². The van der Waals surface area contributed by atoms with Gasteiger partial charge in [-0.2, -0.15) is 5.10 Å². The Morgan fingerprint density at radius 2 is 2.11 bits per heavy atom. The van der Waals surface area contributed by atoms with Crippen molar-refractivity contribution >= 4 is 16.9 Å². The Labute approximate surface area is 107 Å². The fourth-order valence-electron chi connectivity index (χ4n) is 1.79. The zero-order chi connectivity index (χ0) is 13.1. The molecule has 0 radical (unpaired) electrons. The van der Waals surface area contributed by atoms with E-state index in [4.69, 9.17) is 0 Å². The first kappa shape index (κ1) is 12.8. The van der Waals surface area contributed by atoms with Crippen molar-refractivity contribution in [3.63, 3.8) is 0 Å². The maximum absolute atomic E-state index is 4.57. The highest BCUT2D eigenvalue weighted by Gasteiger charge is 2.11. The maximum atomic E-state index is 4.57. The fraction of sp³-hybridized carbons (Fsp3) is 0.583. The predicted molar refractivity (Wildman–Crippen MR) is 72.5 cm³/mol. The normalized spacial score (nSPS) is 11.4. The maximum Gasteiger partial charge on any atom is 0.163 e. The number of hydrogen-bond donors (Lipinski definition) is 1. The van der Waals surface area contributed by atoms with E-state index < -0.39 is 0 Å². The Bertz CT molecular complexity index is 533. The van der Waals surface area contributed by atoms with Crippen LogP contribution in [0.4, 0.5) is 5.82 Å². The van der Waals surface area contributed by atoms with Gasteiger partial charge in [-0.25, -0.2) is 9.97 Å². The summed E-state index contributed by atoms with van der Waals surface area (Å²) in [4.78, 5) is 11.3. The van der Waals surface area contributed by atoms with Gasteiger partial charge in [0.1, 0.15) is 11.6 Å². The van der Waals surface area contributed by atoms with Crippen LogP contribution in [0.15, 0.2) is 6.20 Å². The third kappa shape index (κ3) is 2.43. The van der Waals surface area contributed by atoms with Crippen molar-refractivity contribution in [1.29, 1.82) is 0 Å². The molecule has 2 aromatic heterocycles. The summed E-state index contributed by atoms with van der Waals surface area (Å²) >= 11 is 0. The van der Waals surface area contributed by atoms with Gasteiger partial charge in [-0.1, -0.05) is 6.92 Å². The van der Waals surface area contributed by atoms with Crippen LogP contribution in [0.1, 0.15) is 19.7 Å². The van der Waals surface area contributed by atoms with Crippen LogP contribution in [0.5, 0.6) is 0 Å². The molecule has 1 N–H and O–H groups in total. The standard InChI is InChI=1S/C12H20N6/c1-5-13-11-9-7-14-18(4)12(9)16-10(15-11)8-17(3)6-2/h7H,5-6,8H2,1-4H3,(H,13,15,16). The van der Waals surface area contributed by atoms with E-state index in [0.717, 1.165) is 42.3 Å². The molecule has 0 fully saturated rings. The highest BCUT2D eigenvalue weighted by atomic mass is 15.3. The minimum absolute atomic E-state index is 0.746. The highest BCUT2D eigenvalue weighted by molar-refractivity contribution is 5.86. The van der Waals surface area contributed by atoms with Crippen LogP contribution in [-0.4, -0.2) is 44.8 Å². The molecule has 6 nitrogen and oxygen atoms in total. The lowest BCUT2D eigenvalue weighted by Crippen LogP contribution is -2.19. The number of fused-ring (bicyclic) bond motifs is 1. The van der Waals surface area contributed by atoms with Crippen LogP contribution in [0.2, 0.25) is 0 Å². The third-order valence-electron chi connectivity index (χ3n) is 2.93. The second kappa shape index (κ2) is 5.30. The molecule has 0 saturated heterocycles. The lowest BCUT2D eigenvalue weighted by atomic mass is 10.3. The van der Waals surface area contributed by atoms with Crippen molar-refractivity contribution in [3.05, 3.63) is 12.0 Å². The lowest BCUT2D eigenvalue weighted by molar-refractivity contribution is 0.337. The Morgan fingerprint density at radius 3 is 2.78 bits per heavy atom. The van der Waals surface area contributed by atoms with Gasteiger partial charge in [0.05, 0.1) is 18.1 Å². The number of hydrogen-bond acceptors (Lipinski definition) is 5. The predicted octanol–water partition coefficient (Wildman–Crippen LogP) is 1.25. The van der Waals surface area contributed by atoms with E-state index in [9.17, 15) is 0 Å². The second-order valence-corrected chi connectivity index (χ2v) is 4.35. The molecule has 0 aliphatic rings. The molecule has 0 aliphatic carbocycles. The first-order chi connectivity index (χ1) is 8.65. The van der Waals surface area contributed by atoms with Crippen molar-refractivity contribution in [2.45, 2.75) is 20.4 Å². The first-order valence-corrected chi connectivity index (χ1v) is 6.26. The van der Waals surface area contributed by atoms with E-state index in [1.54, 1.807) is 10.9 Å². The van der Waals surface area contributed by atoms with Crippen LogP contribution in [0, 0.1) is 0 Å². The van der Waals surface area contributed by atoms with Gasteiger partial charge in [-0.15, -0.1) is 0 Å². The topological polar surface area (TPSA) is 58.9 Å². The molecule has 2 aromatic rings. The van der Waals surface area contributed by atoms with Crippen molar-refractivity contribution in [1.82, 2.24) is 24.6 Å². The van der Waals surface area contributed by atoms with E-state index in [2.05, 4.69) is 46.2 Å². The van der Waals surface area contributed by atoms with Gasteiger partial charge < -0.3 is 5.32 Å². The molecule has 0 aliphatic heterocycles. The molecular weight excluding hydrogens is 228 g/mol. The smallest absolute Gasteiger partial charge is 0.163 e. The second-order valence-electron chi connectivity index (χ2n) is 4.35. The average molecular weight is 248 g/mol. The number of aryl methyl sites for hydroxylation is 1. The zero-order valence-corrected chi connectivity index (χ0v) is 11.4. The molecular formula is C12H20N6. The summed E-state index contributed by atoms with van der Waals surface area (Å²) in [6.07, 6.45) is 1.81. The summed E-state index contributed by atoms with van der Waals surface area (Å²) in [5.41, 5.74) is 0.875. The summed E-state index contributed by atoms with van der Waals surface area (Å²) in [6.45, 7) is 6.74. The number of nitrogens with one attached hydrogen (secondary N) is 1. The summed E-state index contributed by atoms with van der Waals surface area (Å²) in [5, 5.41) is 8.49. The van der Waals surface area contributed by atoms with Crippen molar-refractivity contribution in [2.24, 2.45) is 7.05 Å². The van der Waals surface area contributed by atoms with Gasteiger partial charge in [-0.3, -0.25) is 9.58 Å². The number of rotatable bonds is 5.